The van der Waals surface area contributed by atoms with Gasteiger partial charge in [-0.25, -0.2) is 5.43 Å². The molecule has 0 aliphatic carbocycles. The van der Waals surface area contributed by atoms with E-state index in [1.807, 2.05) is 30.3 Å². The second kappa shape index (κ2) is 8.04. The Bertz CT molecular complexity index is 1450. The van der Waals surface area contributed by atoms with Crippen molar-refractivity contribution in [1.82, 2.24) is 5.43 Å². The van der Waals surface area contributed by atoms with Gasteiger partial charge in [-0.1, -0.05) is 36.4 Å². The van der Waals surface area contributed by atoms with Crippen molar-refractivity contribution in [3.8, 4) is 11.3 Å². The van der Waals surface area contributed by atoms with Crippen molar-refractivity contribution in [3.63, 3.8) is 0 Å². The van der Waals surface area contributed by atoms with E-state index in [9.17, 15) is 19.7 Å². The Morgan fingerprint density at radius 2 is 1.88 bits per heavy atom. The van der Waals surface area contributed by atoms with Gasteiger partial charge in [-0.3, -0.25) is 24.6 Å². The molecule has 3 aromatic carbocycles. The smallest absolute Gasteiger partial charge is 0.270 e. The second-order valence-corrected chi connectivity index (χ2v) is 7.37. The highest BCUT2D eigenvalue weighted by molar-refractivity contribution is 6.26. The van der Waals surface area contributed by atoms with E-state index in [-0.39, 0.29) is 18.1 Å². The Hall–Kier alpha value is -4.79. The third kappa shape index (κ3) is 3.72. The van der Waals surface area contributed by atoms with Gasteiger partial charge in [0.2, 0.25) is 0 Å². The molecule has 2 amide bonds. The molecule has 5 rings (SSSR count). The van der Waals surface area contributed by atoms with Crippen LogP contribution in [-0.2, 0) is 4.79 Å². The zero-order valence-corrected chi connectivity index (χ0v) is 17.1. The molecule has 0 saturated carbocycles. The minimum Gasteiger partial charge on any atom is -0.455 e. The number of hydrogen-bond donors (Lipinski definition) is 1. The predicted molar refractivity (Wildman–Crippen MR) is 122 cm³/mol. The molecule has 2 heterocycles. The molecule has 0 saturated heterocycles. The average molecular weight is 440 g/mol. The second-order valence-electron chi connectivity index (χ2n) is 7.37. The van der Waals surface area contributed by atoms with Crippen LogP contribution in [0.15, 0.2) is 82.3 Å². The topological polar surface area (TPSA) is 118 Å². The van der Waals surface area contributed by atoms with E-state index in [1.165, 1.54) is 23.2 Å². The summed E-state index contributed by atoms with van der Waals surface area (Å²) in [5, 5.41) is 16.6. The molecule has 33 heavy (non-hydrogen) atoms. The number of non-ortho nitro benzene ring substituents is 1. The third-order valence-electron chi connectivity index (χ3n) is 5.30. The van der Waals surface area contributed by atoms with Gasteiger partial charge in [-0.05, 0) is 29.7 Å². The summed E-state index contributed by atoms with van der Waals surface area (Å²) in [6, 6.07) is 20.4. The van der Waals surface area contributed by atoms with Crippen LogP contribution in [0, 0.1) is 10.1 Å². The average Bonchev–Trinajstić information content (AvgIpc) is 3.40. The molecule has 1 aliphatic rings. The van der Waals surface area contributed by atoms with E-state index in [4.69, 9.17) is 4.42 Å². The molecule has 0 bridgehead atoms. The van der Waals surface area contributed by atoms with Crippen LogP contribution >= 0.6 is 0 Å². The van der Waals surface area contributed by atoms with Gasteiger partial charge in [0.15, 0.2) is 0 Å². The van der Waals surface area contributed by atoms with Crippen LogP contribution in [0.25, 0.3) is 22.1 Å². The van der Waals surface area contributed by atoms with Gasteiger partial charge in [0, 0.05) is 28.6 Å². The standard InChI is InChI=1S/C24H16N4O5/c29-22(14-27-20-9-3-5-15-4-2-8-19(23(15)20)24(27)30)26-25-13-18-10-11-21(33-18)16-6-1-7-17(12-16)28(31)32/h1-13H,14H2,(H,26,29)/b25-13+. The van der Waals surface area contributed by atoms with Crippen molar-refractivity contribution in [2.24, 2.45) is 5.10 Å². The molecule has 4 aromatic rings. The molecule has 1 aromatic heterocycles. The normalized spacial score (nSPS) is 12.6. The predicted octanol–water partition coefficient (Wildman–Crippen LogP) is 4.12. The number of carbonyl (C=O) groups excluding carboxylic acids is 2. The first-order chi connectivity index (χ1) is 16.0. The lowest BCUT2D eigenvalue weighted by Gasteiger charge is -2.16. The maximum Gasteiger partial charge on any atom is 0.270 e. The van der Waals surface area contributed by atoms with Crippen LogP contribution in [-0.4, -0.2) is 29.5 Å². The molecule has 1 N–H and O–H groups in total. The summed E-state index contributed by atoms with van der Waals surface area (Å²) in [6.07, 6.45) is 1.32. The Balaban J connectivity index is 1.25. The van der Waals surface area contributed by atoms with Crippen LogP contribution in [0.2, 0.25) is 0 Å². The number of hydrazone groups is 1. The van der Waals surface area contributed by atoms with Crippen LogP contribution in [0.1, 0.15) is 16.1 Å². The van der Waals surface area contributed by atoms with E-state index >= 15 is 0 Å². The summed E-state index contributed by atoms with van der Waals surface area (Å²) in [7, 11) is 0. The Labute approximate surface area is 187 Å². The number of nitrogens with zero attached hydrogens (tertiary/aromatic N) is 3. The maximum atomic E-state index is 12.8. The van der Waals surface area contributed by atoms with Crippen molar-refractivity contribution in [2.45, 2.75) is 0 Å². The number of furan rings is 1. The first-order valence-electron chi connectivity index (χ1n) is 10.0. The minimum atomic E-state index is -0.478. The fourth-order valence-corrected chi connectivity index (χ4v) is 3.83. The summed E-state index contributed by atoms with van der Waals surface area (Å²) in [5.41, 5.74) is 4.17. The fraction of sp³-hybridized carbons (Fsp3) is 0.0417. The summed E-state index contributed by atoms with van der Waals surface area (Å²) < 4.78 is 5.63. The number of nitro benzene ring substituents is 1. The first-order valence-corrected chi connectivity index (χ1v) is 10.0. The number of rotatable bonds is 6. The monoisotopic (exact) mass is 440 g/mol. The molecule has 0 atom stereocenters. The minimum absolute atomic E-state index is 0.0410. The highest BCUT2D eigenvalue weighted by atomic mass is 16.6. The number of nitro groups is 1. The van der Waals surface area contributed by atoms with E-state index in [0.717, 1.165) is 10.8 Å². The molecule has 9 nitrogen and oxygen atoms in total. The van der Waals surface area contributed by atoms with Crippen molar-refractivity contribution in [2.75, 3.05) is 11.4 Å². The zero-order chi connectivity index (χ0) is 22.9. The SMILES string of the molecule is O=C(CN1C(=O)c2cccc3cccc1c23)N/N=C/c1ccc(-c2cccc([N+](=O)[O-])c2)o1. The van der Waals surface area contributed by atoms with Crippen molar-refractivity contribution < 1.29 is 18.9 Å². The molecule has 9 heteroatoms. The highest BCUT2D eigenvalue weighted by Gasteiger charge is 2.30. The molecule has 0 radical (unpaired) electrons. The third-order valence-corrected chi connectivity index (χ3v) is 5.30. The number of anilines is 1. The number of nitrogens with one attached hydrogen (secondary N) is 1. The van der Waals surface area contributed by atoms with Gasteiger partial charge in [0.05, 0.1) is 16.8 Å². The summed E-state index contributed by atoms with van der Waals surface area (Å²) >= 11 is 0. The number of amides is 2. The van der Waals surface area contributed by atoms with Gasteiger partial charge in [0.25, 0.3) is 17.5 Å². The molecule has 1 aliphatic heterocycles. The first kappa shape index (κ1) is 20.1. The lowest BCUT2D eigenvalue weighted by molar-refractivity contribution is -0.384. The van der Waals surface area contributed by atoms with Crippen molar-refractivity contribution >= 4 is 40.2 Å². The van der Waals surface area contributed by atoms with Crippen LogP contribution in [0.4, 0.5) is 11.4 Å². The Morgan fingerprint density at radius 3 is 2.70 bits per heavy atom. The number of carbonyl (C=O) groups is 2. The summed E-state index contributed by atoms with van der Waals surface area (Å²) in [5.74, 6) is 0.0923. The van der Waals surface area contributed by atoms with E-state index in [0.29, 0.717) is 28.3 Å². The zero-order valence-electron chi connectivity index (χ0n) is 17.1. The number of hydrogen-bond acceptors (Lipinski definition) is 6. The van der Waals surface area contributed by atoms with Crippen LogP contribution < -0.4 is 10.3 Å². The largest absolute Gasteiger partial charge is 0.455 e. The highest BCUT2D eigenvalue weighted by Crippen LogP contribution is 2.36. The van der Waals surface area contributed by atoms with E-state index in [2.05, 4.69) is 10.5 Å². The molecule has 0 unspecified atom stereocenters. The van der Waals surface area contributed by atoms with Crippen molar-refractivity contribution in [1.29, 1.82) is 0 Å². The summed E-state index contributed by atoms with van der Waals surface area (Å²) in [6.45, 7) is -0.180. The summed E-state index contributed by atoms with van der Waals surface area (Å²) in [4.78, 5) is 37.1. The molecular formula is C24H16N4O5. The van der Waals surface area contributed by atoms with Gasteiger partial charge < -0.3 is 4.42 Å². The molecule has 162 valence electrons. The van der Waals surface area contributed by atoms with E-state index < -0.39 is 10.8 Å². The van der Waals surface area contributed by atoms with Gasteiger partial charge in [0.1, 0.15) is 18.1 Å². The van der Waals surface area contributed by atoms with Crippen LogP contribution in [0.3, 0.4) is 0 Å². The Morgan fingerprint density at radius 1 is 1.09 bits per heavy atom. The van der Waals surface area contributed by atoms with Gasteiger partial charge in [-0.2, -0.15) is 5.10 Å². The molecule has 0 fully saturated rings. The van der Waals surface area contributed by atoms with Gasteiger partial charge in [-0.15, -0.1) is 0 Å². The number of benzene rings is 3. The fourth-order valence-electron chi connectivity index (χ4n) is 3.83. The Kier molecular flexibility index (Phi) is 4.91. The van der Waals surface area contributed by atoms with Crippen molar-refractivity contribution in [3.05, 3.63) is 94.2 Å². The quantitative estimate of drug-likeness (QED) is 0.275. The maximum absolute atomic E-state index is 12.8. The molecule has 0 spiro atoms. The van der Waals surface area contributed by atoms with Crippen LogP contribution in [0.5, 0.6) is 0 Å². The molecular weight excluding hydrogens is 424 g/mol. The lowest BCUT2D eigenvalue weighted by atomic mass is 10.1. The lowest BCUT2D eigenvalue weighted by Crippen LogP contribution is -2.37. The van der Waals surface area contributed by atoms with E-state index in [1.54, 1.807) is 30.3 Å². The van der Waals surface area contributed by atoms with Gasteiger partial charge >= 0.3 is 0 Å².